The van der Waals surface area contributed by atoms with Gasteiger partial charge in [-0.05, 0) is 43.3 Å². The summed E-state index contributed by atoms with van der Waals surface area (Å²) in [6, 6.07) is 11.4. The van der Waals surface area contributed by atoms with E-state index < -0.39 is 10.0 Å². The van der Waals surface area contributed by atoms with Crippen molar-refractivity contribution in [2.24, 2.45) is 0 Å². The molecular formula is C25H31FN5O3S2+. The van der Waals surface area contributed by atoms with E-state index in [1.165, 1.54) is 23.5 Å². The van der Waals surface area contributed by atoms with Crippen molar-refractivity contribution < 1.29 is 25.0 Å². The van der Waals surface area contributed by atoms with Gasteiger partial charge in [-0.25, -0.2) is 17.8 Å². The van der Waals surface area contributed by atoms with E-state index in [-0.39, 0.29) is 32.1 Å². The fourth-order valence-corrected chi connectivity index (χ4v) is 6.62. The Morgan fingerprint density at radius 3 is 2.72 bits per heavy atom. The lowest BCUT2D eigenvalue weighted by molar-refractivity contribution is -0.427. The molecule has 1 N–H and O–H groups in total. The molecule has 0 unspecified atom stereocenters. The number of piperazine rings is 1. The molecule has 0 spiro atoms. The minimum atomic E-state index is -3.70. The van der Waals surface area contributed by atoms with Gasteiger partial charge < -0.3 is 9.80 Å². The second kappa shape index (κ2) is 9.62. The lowest BCUT2D eigenvalue weighted by Crippen LogP contribution is -2.55. The van der Waals surface area contributed by atoms with Crippen molar-refractivity contribution in [3.05, 3.63) is 65.4 Å². The molecule has 3 aromatic rings. The number of halogens is 1. The lowest BCUT2D eigenvalue weighted by Gasteiger charge is -2.40. The van der Waals surface area contributed by atoms with Crippen LogP contribution in [0.4, 0.5) is 20.9 Å². The third-order valence-electron chi connectivity index (χ3n) is 6.65. The quantitative estimate of drug-likeness (QED) is 0.486. The van der Waals surface area contributed by atoms with Gasteiger partial charge >= 0.3 is 0 Å². The normalized spacial score (nSPS) is 17.9. The van der Waals surface area contributed by atoms with Crippen LogP contribution < -0.4 is 9.62 Å². The van der Waals surface area contributed by atoms with E-state index >= 15 is 0 Å². The zero-order chi connectivity index (χ0) is 25.4. The van der Waals surface area contributed by atoms with Crippen molar-refractivity contribution in [2.45, 2.75) is 31.2 Å². The zero-order valence-corrected chi connectivity index (χ0v) is 21.7. The second-order valence-electron chi connectivity index (χ2n) is 9.09. The molecule has 8 nitrogen and oxygen atoms in total. The second-order valence-corrected chi connectivity index (χ2v) is 11.7. The monoisotopic (exact) mass is 532 g/mol. The molecule has 0 aliphatic carbocycles. The van der Waals surface area contributed by atoms with Crippen LogP contribution in [0.5, 0.6) is 0 Å². The number of aromatic nitrogens is 1. The van der Waals surface area contributed by atoms with Crippen molar-refractivity contribution in [3.63, 3.8) is 0 Å². The number of benzene rings is 2. The number of nitrogens with zero attached hydrogens (tertiary/aromatic N) is 4. The van der Waals surface area contributed by atoms with Gasteiger partial charge in [0, 0.05) is 64.3 Å². The van der Waals surface area contributed by atoms with E-state index in [1.807, 2.05) is 23.3 Å². The number of rotatable bonds is 6. The molecule has 2 aromatic carbocycles. The van der Waals surface area contributed by atoms with Crippen LogP contribution in [0, 0.1) is 5.82 Å². The van der Waals surface area contributed by atoms with E-state index in [1.54, 1.807) is 41.9 Å². The van der Waals surface area contributed by atoms with Crippen LogP contribution in [-0.4, -0.2) is 66.7 Å². The van der Waals surface area contributed by atoms with Gasteiger partial charge in [0.2, 0.25) is 12.2 Å². The Morgan fingerprint density at radius 1 is 1.25 bits per heavy atom. The number of carbonyl (C=O) groups excluding carboxylic acids is 1. The number of carbonyl (C=O) groups is 1. The van der Waals surface area contributed by atoms with Crippen molar-refractivity contribution in [3.8, 4) is 0 Å². The highest BCUT2D eigenvalue weighted by atomic mass is 32.2. The molecule has 0 saturated carbocycles. The third-order valence-corrected chi connectivity index (χ3v) is 8.82. The van der Waals surface area contributed by atoms with E-state index in [0.717, 1.165) is 22.6 Å². The van der Waals surface area contributed by atoms with Crippen molar-refractivity contribution in [2.75, 3.05) is 35.8 Å². The summed E-state index contributed by atoms with van der Waals surface area (Å²) in [5.74, 6) is -0.228. The predicted octanol–water partition coefficient (Wildman–Crippen LogP) is 3.97. The summed E-state index contributed by atoms with van der Waals surface area (Å²) in [7, 11) is -3.70. The Balaban J connectivity index is 0.00000200. The van der Waals surface area contributed by atoms with E-state index in [4.69, 9.17) is 0 Å². The molecule has 192 valence electrons. The highest BCUT2D eigenvalue weighted by Crippen LogP contribution is 2.28. The van der Waals surface area contributed by atoms with E-state index in [9.17, 15) is 17.6 Å². The van der Waals surface area contributed by atoms with E-state index in [0.29, 0.717) is 31.2 Å². The number of sulfonamides is 1. The van der Waals surface area contributed by atoms with Crippen LogP contribution in [0.25, 0.3) is 0 Å². The maximum atomic E-state index is 13.6. The fourth-order valence-electron chi connectivity index (χ4n) is 4.83. The van der Waals surface area contributed by atoms with Gasteiger partial charge in [0.1, 0.15) is 5.82 Å². The summed E-state index contributed by atoms with van der Waals surface area (Å²) in [5.41, 5.74) is 3.75. The van der Waals surface area contributed by atoms with Gasteiger partial charge in [0.15, 0.2) is 10.8 Å². The van der Waals surface area contributed by atoms with Gasteiger partial charge in [-0.1, -0.05) is 0 Å². The largest absolute Gasteiger partial charge is 0.368 e. The zero-order valence-electron chi connectivity index (χ0n) is 20.0. The average Bonchev–Trinajstić information content (AvgIpc) is 3.45. The van der Waals surface area contributed by atoms with Gasteiger partial charge in [-0.15, -0.1) is 11.3 Å². The van der Waals surface area contributed by atoms with Crippen molar-refractivity contribution >= 4 is 49.5 Å². The number of hydrogen-bond acceptors (Lipinski definition) is 6. The Bertz CT molecular complexity index is 1430. The Hall–Kier alpha value is -3.31. The number of nitrogens with one attached hydrogen (secondary N) is 1. The lowest BCUT2D eigenvalue weighted by atomic mass is 10.1. The number of hydrogen-bond donors (Lipinski definition) is 1. The van der Waals surface area contributed by atoms with Crippen LogP contribution in [0.1, 0.15) is 22.3 Å². The summed E-state index contributed by atoms with van der Waals surface area (Å²) >= 11 is 1.22. The summed E-state index contributed by atoms with van der Waals surface area (Å²) in [5, 5.41) is 2.03. The molecule has 2 aliphatic rings. The molecule has 0 radical (unpaired) electrons. The molecule has 1 atom stereocenters. The SMILES string of the molecule is CC1=[N+](CC(=O)N2CCN(c3ccc(S(=O)(=O)Nc4nccs4)cc3)C[C@H]2C)c2ccc(F)cc2C1.[HH].[HH]. The molecular weight excluding hydrogens is 501 g/mol. The van der Waals surface area contributed by atoms with Crippen LogP contribution in [0.3, 0.4) is 0 Å². The van der Waals surface area contributed by atoms with Crippen LogP contribution >= 0.6 is 11.3 Å². The minimum Gasteiger partial charge on any atom is -0.368 e. The third kappa shape index (κ3) is 4.85. The topological polar surface area (TPSA) is 85.6 Å². The standard InChI is InChI=1S/C25H27FN5O3S2.2H2/c1-17-13-19-14-20(26)3-8-23(19)31(17)16-24(32)30-11-10-29(15-18(30)2)21-4-6-22(7-5-21)36(33,34)28-25-27-9-12-35-25;;/h3-9,12,14,18H,10-11,13,15-16H2,1-2H3,(H,27,28);2*1H/q+1;;/t18-;;/m1../s1. The summed E-state index contributed by atoms with van der Waals surface area (Å²) < 4.78 is 43.2. The van der Waals surface area contributed by atoms with Crippen LogP contribution in [-0.2, 0) is 21.2 Å². The smallest absolute Gasteiger partial charge is 0.288 e. The maximum absolute atomic E-state index is 13.6. The Labute approximate surface area is 216 Å². The van der Waals surface area contributed by atoms with Crippen molar-refractivity contribution in [1.29, 1.82) is 0 Å². The molecule has 36 heavy (non-hydrogen) atoms. The molecule has 1 amide bonds. The maximum Gasteiger partial charge on any atom is 0.288 e. The van der Waals surface area contributed by atoms with Crippen LogP contribution in [0.2, 0.25) is 0 Å². The predicted molar refractivity (Wildman–Crippen MR) is 143 cm³/mol. The first kappa shape index (κ1) is 24.4. The highest BCUT2D eigenvalue weighted by molar-refractivity contribution is 7.93. The average molecular weight is 533 g/mol. The molecule has 3 heterocycles. The van der Waals surface area contributed by atoms with Gasteiger partial charge in [-0.2, -0.15) is 4.58 Å². The number of thiazole rings is 1. The van der Waals surface area contributed by atoms with Crippen molar-refractivity contribution in [1.82, 2.24) is 9.88 Å². The summed E-state index contributed by atoms with van der Waals surface area (Å²) in [6.07, 6.45) is 2.19. The summed E-state index contributed by atoms with van der Waals surface area (Å²) in [6.45, 7) is 6.07. The molecule has 11 heteroatoms. The number of amides is 1. The Morgan fingerprint density at radius 2 is 2.03 bits per heavy atom. The first-order valence-corrected chi connectivity index (χ1v) is 14.0. The van der Waals surface area contributed by atoms with Gasteiger partial charge in [-0.3, -0.25) is 9.52 Å². The van der Waals surface area contributed by atoms with Gasteiger partial charge in [0.25, 0.3) is 15.9 Å². The molecule has 1 saturated heterocycles. The van der Waals surface area contributed by atoms with Crippen LogP contribution in [0.15, 0.2) is 58.9 Å². The number of anilines is 2. The Kier molecular flexibility index (Phi) is 6.52. The fraction of sp³-hybridized carbons (Fsp3) is 0.320. The molecule has 2 aliphatic heterocycles. The molecule has 1 aromatic heterocycles. The molecule has 5 rings (SSSR count). The molecule has 0 bridgehead atoms. The first-order valence-electron chi connectivity index (χ1n) is 11.7. The minimum absolute atomic E-state index is 0. The molecule has 1 fully saturated rings. The number of fused-ring (bicyclic) bond motifs is 1. The van der Waals surface area contributed by atoms with Gasteiger partial charge in [0.05, 0.1) is 11.3 Å². The first-order chi connectivity index (χ1) is 17.2. The summed E-state index contributed by atoms with van der Waals surface area (Å²) in [4.78, 5) is 21.4. The highest BCUT2D eigenvalue weighted by Gasteiger charge is 2.34. The van der Waals surface area contributed by atoms with E-state index in [2.05, 4.69) is 14.6 Å².